The summed E-state index contributed by atoms with van der Waals surface area (Å²) in [4.78, 5) is 8.81. The highest BCUT2D eigenvalue weighted by Crippen LogP contribution is 2.44. The van der Waals surface area contributed by atoms with Gasteiger partial charge in [-0.2, -0.15) is 0 Å². The fraction of sp³-hybridized carbons (Fsp3) is 0.643. The van der Waals surface area contributed by atoms with Crippen molar-refractivity contribution in [1.29, 1.82) is 0 Å². The Labute approximate surface area is 126 Å². The monoisotopic (exact) mass is 304 g/mol. The van der Waals surface area contributed by atoms with Gasteiger partial charge in [0.1, 0.15) is 24.9 Å². The summed E-state index contributed by atoms with van der Waals surface area (Å²) >= 11 is 0. The van der Waals surface area contributed by atoms with Gasteiger partial charge in [-0.3, -0.25) is 0 Å². The predicted molar refractivity (Wildman–Crippen MR) is 74.6 cm³/mol. The summed E-state index contributed by atoms with van der Waals surface area (Å²) in [6.45, 7) is 6.47. The molecule has 2 N–H and O–H groups in total. The summed E-state index contributed by atoms with van der Waals surface area (Å²) in [5.74, 6) is 0.696. The van der Waals surface area contributed by atoms with Gasteiger partial charge in [0.05, 0.1) is 0 Å². The van der Waals surface area contributed by atoms with Gasteiger partial charge in [0, 0.05) is 6.92 Å². The van der Waals surface area contributed by atoms with Crippen LogP contribution in [0.4, 0.5) is 5.82 Å². The zero-order valence-electron chi connectivity index (χ0n) is 12.7. The van der Waals surface area contributed by atoms with Gasteiger partial charge in [-0.25, -0.2) is 14.1 Å². The highest BCUT2D eigenvalue weighted by molar-refractivity contribution is 5.79. The van der Waals surface area contributed by atoms with Crippen molar-refractivity contribution in [2.45, 2.75) is 57.6 Å². The Balaban J connectivity index is 1.75. The molecule has 2 aromatic heterocycles. The number of imidazole rings is 1. The number of nitrogens with two attached hydrogens (primary N) is 1. The Bertz CT molecular complexity index is 801. The molecule has 3 aliphatic heterocycles. The molecular formula is C14H18N5O3+. The molecule has 0 spiro atoms. The molecule has 0 aromatic carbocycles. The van der Waals surface area contributed by atoms with Crippen LogP contribution in [0.15, 0.2) is 6.33 Å². The molecule has 0 saturated carbocycles. The van der Waals surface area contributed by atoms with Crippen LogP contribution in [0.25, 0.3) is 11.2 Å². The lowest BCUT2D eigenvalue weighted by atomic mass is 10.1. The number of hydrogen-bond acceptors (Lipinski definition) is 6. The molecule has 3 aliphatic rings. The van der Waals surface area contributed by atoms with E-state index in [0.29, 0.717) is 17.9 Å². The third kappa shape index (κ3) is 1.44. The molecular weight excluding hydrogens is 286 g/mol. The first-order valence-corrected chi connectivity index (χ1v) is 7.48. The van der Waals surface area contributed by atoms with Gasteiger partial charge >= 0.3 is 0 Å². The van der Waals surface area contributed by atoms with Crippen LogP contribution in [-0.2, 0) is 20.8 Å². The van der Waals surface area contributed by atoms with Crippen LogP contribution < -0.4 is 10.3 Å². The number of nitrogen functional groups attached to an aromatic ring is 1. The van der Waals surface area contributed by atoms with Gasteiger partial charge in [-0.1, -0.05) is 4.98 Å². The first kappa shape index (κ1) is 12.7. The first-order chi connectivity index (χ1) is 10.4. The lowest BCUT2D eigenvalue weighted by Gasteiger charge is -2.21. The van der Waals surface area contributed by atoms with Gasteiger partial charge in [-0.05, 0) is 13.8 Å². The molecule has 0 aliphatic carbocycles. The molecule has 0 amide bonds. The molecule has 8 nitrogen and oxygen atoms in total. The molecule has 5 rings (SSSR count). The molecule has 116 valence electrons. The Kier molecular flexibility index (Phi) is 2.18. The maximum absolute atomic E-state index is 6.19. The summed E-state index contributed by atoms with van der Waals surface area (Å²) in [5.41, 5.74) is 7.66. The summed E-state index contributed by atoms with van der Waals surface area (Å²) in [6.07, 6.45) is 1.20. The van der Waals surface area contributed by atoms with E-state index >= 15 is 0 Å². The van der Waals surface area contributed by atoms with Crippen molar-refractivity contribution in [2.24, 2.45) is 0 Å². The van der Waals surface area contributed by atoms with E-state index < -0.39 is 5.79 Å². The second-order valence-corrected chi connectivity index (χ2v) is 6.61. The standard InChI is InChI=1S/C14H17N5O3/c1-6-17-11(15)8-12-18(6)4-7-9-10(22-14(2,3)21-9)13(20-7)19(12)5-16-8/h5,7,9-10,13,15H,4H2,1-3H3/p+1/t7-,9+,10?,13-/m1/s1. The third-order valence-corrected chi connectivity index (χ3v) is 4.70. The fourth-order valence-corrected chi connectivity index (χ4v) is 3.86. The van der Waals surface area contributed by atoms with Crippen LogP contribution in [-0.4, -0.2) is 38.6 Å². The van der Waals surface area contributed by atoms with Crippen LogP contribution in [0.2, 0.25) is 0 Å². The highest BCUT2D eigenvalue weighted by Gasteiger charge is 2.59. The molecule has 8 heteroatoms. The number of ether oxygens (including phenoxy) is 3. The smallest absolute Gasteiger partial charge is 0.263 e. The third-order valence-electron chi connectivity index (χ3n) is 4.70. The minimum absolute atomic E-state index is 0.0750. The Morgan fingerprint density at radius 1 is 1.36 bits per heavy atom. The van der Waals surface area contributed by atoms with E-state index in [0.717, 1.165) is 11.5 Å². The average molecular weight is 304 g/mol. The van der Waals surface area contributed by atoms with Crippen molar-refractivity contribution in [2.75, 3.05) is 5.73 Å². The lowest BCUT2D eigenvalue weighted by molar-refractivity contribution is -0.688. The number of hydrogen-bond donors (Lipinski definition) is 1. The number of fused-ring (bicyclic) bond motifs is 6. The van der Waals surface area contributed by atoms with E-state index in [-0.39, 0.29) is 24.5 Å². The van der Waals surface area contributed by atoms with Crippen LogP contribution >= 0.6 is 0 Å². The molecule has 2 saturated heterocycles. The summed E-state index contributed by atoms with van der Waals surface area (Å²) in [7, 11) is 0. The van der Waals surface area contributed by atoms with Crippen molar-refractivity contribution in [3.63, 3.8) is 0 Å². The minimum Gasteiger partial charge on any atom is -0.368 e. The number of aromatic nitrogens is 4. The van der Waals surface area contributed by atoms with Crippen molar-refractivity contribution < 1.29 is 18.8 Å². The van der Waals surface area contributed by atoms with Crippen LogP contribution in [0.1, 0.15) is 25.9 Å². The average Bonchev–Trinajstić information content (AvgIpc) is 3.03. The van der Waals surface area contributed by atoms with E-state index in [4.69, 9.17) is 19.9 Å². The van der Waals surface area contributed by atoms with Crippen molar-refractivity contribution in [1.82, 2.24) is 14.5 Å². The number of aryl methyl sites for hydroxylation is 1. The first-order valence-electron chi connectivity index (χ1n) is 7.48. The molecule has 5 heterocycles. The zero-order chi connectivity index (χ0) is 15.2. The molecule has 0 radical (unpaired) electrons. The van der Waals surface area contributed by atoms with Crippen LogP contribution in [0, 0.1) is 6.92 Å². The predicted octanol–water partition coefficient (Wildman–Crippen LogP) is 0.0405. The maximum Gasteiger partial charge on any atom is 0.263 e. The summed E-state index contributed by atoms with van der Waals surface area (Å²) in [5, 5.41) is 0. The maximum atomic E-state index is 6.19. The van der Waals surface area contributed by atoms with E-state index in [1.54, 1.807) is 6.33 Å². The Morgan fingerprint density at radius 3 is 2.95 bits per heavy atom. The molecule has 22 heavy (non-hydrogen) atoms. The lowest BCUT2D eigenvalue weighted by Crippen LogP contribution is -2.49. The largest absolute Gasteiger partial charge is 0.368 e. The van der Waals surface area contributed by atoms with Gasteiger partial charge < -0.3 is 19.9 Å². The summed E-state index contributed by atoms with van der Waals surface area (Å²) < 4.78 is 22.4. The second-order valence-electron chi connectivity index (χ2n) is 6.61. The van der Waals surface area contributed by atoms with Gasteiger partial charge in [0.25, 0.3) is 5.65 Å². The SMILES string of the molecule is Cc1nc(N)c2ncn3c2[n+]1C[C@H]1O[C@@H]3C2OC(C)(C)O[C@H]21. The van der Waals surface area contributed by atoms with E-state index in [2.05, 4.69) is 14.5 Å². The molecule has 2 bridgehead atoms. The van der Waals surface area contributed by atoms with Crippen molar-refractivity contribution >= 4 is 17.0 Å². The highest BCUT2D eigenvalue weighted by atomic mass is 16.8. The Morgan fingerprint density at radius 2 is 2.14 bits per heavy atom. The van der Waals surface area contributed by atoms with Crippen molar-refractivity contribution in [3.8, 4) is 0 Å². The fourth-order valence-electron chi connectivity index (χ4n) is 3.86. The number of rotatable bonds is 0. The van der Waals surface area contributed by atoms with E-state index in [1.165, 1.54) is 0 Å². The summed E-state index contributed by atoms with van der Waals surface area (Å²) in [6, 6.07) is 0. The molecule has 4 atom stereocenters. The van der Waals surface area contributed by atoms with Gasteiger partial charge in [0.2, 0.25) is 17.9 Å². The quantitative estimate of drug-likeness (QED) is 0.691. The molecule has 2 aromatic rings. The normalized spacial score (nSPS) is 34.9. The van der Waals surface area contributed by atoms with E-state index in [1.807, 2.05) is 25.3 Å². The van der Waals surface area contributed by atoms with E-state index in [9.17, 15) is 0 Å². The van der Waals surface area contributed by atoms with Crippen LogP contribution in [0.5, 0.6) is 0 Å². The number of nitrogens with zero attached hydrogens (tertiary/aromatic N) is 4. The molecule has 2 fully saturated rings. The van der Waals surface area contributed by atoms with Crippen LogP contribution in [0.3, 0.4) is 0 Å². The topological polar surface area (TPSA) is 88.3 Å². The minimum atomic E-state index is -0.594. The van der Waals surface area contributed by atoms with Gasteiger partial charge in [0.15, 0.2) is 17.6 Å². The Hall–Kier alpha value is -1.77. The number of anilines is 1. The van der Waals surface area contributed by atoms with Gasteiger partial charge in [-0.15, -0.1) is 0 Å². The zero-order valence-corrected chi connectivity index (χ0v) is 12.7. The van der Waals surface area contributed by atoms with Crippen molar-refractivity contribution in [3.05, 3.63) is 12.2 Å². The molecule has 1 unspecified atom stereocenters. The second kappa shape index (κ2) is 3.76.